The molecule has 0 saturated carbocycles. The highest BCUT2D eigenvalue weighted by Gasteiger charge is 2.45. The zero-order valence-electron chi connectivity index (χ0n) is 18.0. The van der Waals surface area contributed by atoms with Crippen molar-refractivity contribution in [3.63, 3.8) is 0 Å². The van der Waals surface area contributed by atoms with Gasteiger partial charge in [0.15, 0.2) is 9.84 Å². The minimum atomic E-state index is -4.62. The number of alkyl halides is 3. The Labute approximate surface area is 191 Å². The Balaban J connectivity index is 1.77. The second-order valence-corrected chi connectivity index (χ2v) is 11.6. The molecule has 0 bridgehead atoms. The first kappa shape index (κ1) is 24.6. The normalized spacial score (nSPS) is 16.3. The van der Waals surface area contributed by atoms with Crippen LogP contribution in [0, 0.1) is 12.8 Å². The van der Waals surface area contributed by atoms with Crippen molar-refractivity contribution >= 4 is 27.3 Å². The topological polar surface area (TPSA) is 54.5 Å². The molecule has 0 spiro atoms. The van der Waals surface area contributed by atoms with Crippen LogP contribution in [-0.2, 0) is 16.0 Å². The van der Waals surface area contributed by atoms with Crippen LogP contribution in [0.1, 0.15) is 48.2 Å². The van der Waals surface area contributed by atoms with E-state index in [2.05, 4.69) is 0 Å². The maximum atomic E-state index is 13.3. The number of halogens is 4. The van der Waals surface area contributed by atoms with E-state index in [-0.39, 0.29) is 16.7 Å². The molecule has 174 valence electrons. The Hall–Kier alpha value is -2.06. The third-order valence-corrected chi connectivity index (χ3v) is 9.18. The molecule has 1 fully saturated rings. The van der Waals surface area contributed by atoms with Gasteiger partial charge in [-0.1, -0.05) is 17.7 Å². The highest BCUT2D eigenvalue weighted by molar-refractivity contribution is 7.92. The Morgan fingerprint density at radius 2 is 1.69 bits per heavy atom. The minimum Gasteiger partial charge on any atom is -0.339 e. The number of benzene rings is 2. The van der Waals surface area contributed by atoms with E-state index < -0.39 is 26.3 Å². The number of piperidine rings is 1. The van der Waals surface area contributed by atoms with Crippen molar-refractivity contribution in [2.24, 2.45) is 5.92 Å². The number of carbonyl (C=O) groups excluding carboxylic acids is 1. The lowest BCUT2D eigenvalue weighted by atomic mass is 9.85. The molecule has 1 aliphatic heterocycles. The van der Waals surface area contributed by atoms with Crippen LogP contribution < -0.4 is 0 Å². The predicted octanol–water partition coefficient (Wildman–Crippen LogP) is 5.77. The van der Waals surface area contributed by atoms with Gasteiger partial charge in [-0.25, -0.2) is 8.42 Å². The number of sulfone groups is 1. The molecule has 3 rings (SSSR count). The Morgan fingerprint density at radius 3 is 2.25 bits per heavy atom. The molecule has 1 saturated heterocycles. The van der Waals surface area contributed by atoms with Gasteiger partial charge in [-0.15, -0.1) is 0 Å². The molecule has 0 unspecified atom stereocenters. The lowest BCUT2D eigenvalue weighted by Crippen LogP contribution is -2.47. The summed E-state index contributed by atoms with van der Waals surface area (Å²) >= 11 is 5.96. The van der Waals surface area contributed by atoms with E-state index in [0.717, 1.165) is 17.7 Å². The monoisotopic (exact) mass is 487 g/mol. The summed E-state index contributed by atoms with van der Waals surface area (Å²) in [6, 6.07) is 8.91. The van der Waals surface area contributed by atoms with Crippen molar-refractivity contribution in [1.29, 1.82) is 0 Å². The van der Waals surface area contributed by atoms with Crippen LogP contribution in [0.2, 0.25) is 5.02 Å². The maximum absolute atomic E-state index is 13.3. The molecule has 9 heteroatoms. The highest BCUT2D eigenvalue weighted by atomic mass is 35.5. The van der Waals surface area contributed by atoms with Crippen LogP contribution in [0.3, 0.4) is 0 Å². The van der Waals surface area contributed by atoms with Gasteiger partial charge in [0.25, 0.3) is 5.91 Å². The summed E-state index contributed by atoms with van der Waals surface area (Å²) in [5.41, 5.74) is 0.314. The third kappa shape index (κ3) is 4.66. The number of amides is 1. The molecule has 2 aromatic rings. The summed E-state index contributed by atoms with van der Waals surface area (Å²) in [6.45, 7) is 5.64. The molecule has 0 aliphatic carbocycles. The molecule has 0 atom stereocenters. The number of nitrogens with zero attached hydrogens (tertiary/aromatic N) is 1. The van der Waals surface area contributed by atoms with Crippen LogP contribution in [0.25, 0.3) is 0 Å². The molecule has 32 heavy (non-hydrogen) atoms. The SMILES string of the molecule is Cc1cc(Cl)ccc1C(=O)N1CCC(C(C)(C)S(=O)(=O)c2cccc(C(F)(F)F)c2)CC1. The van der Waals surface area contributed by atoms with Gasteiger partial charge in [-0.05, 0) is 81.5 Å². The molecule has 0 N–H and O–H groups in total. The number of hydrogen-bond acceptors (Lipinski definition) is 3. The van der Waals surface area contributed by atoms with Gasteiger partial charge in [-0.3, -0.25) is 4.79 Å². The summed E-state index contributed by atoms with van der Waals surface area (Å²) in [4.78, 5) is 14.2. The Morgan fingerprint density at radius 1 is 1.06 bits per heavy atom. The second-order valence-electron chi connectivity index (χ2n) is 8.66. The summed E-state index contributed by atoms with van der Waals surface area (Å²) in [6.07, 6.45) is -3.76. The fourth-order valence-corrected chi connectivity index (χ4v) is 6.23. The second kappa shape index (κ2) is 8.71. The van der Waals surface area contributed by atoms with E-state index in [1.54, 1.807) is 43.9 Å². The van der Waals surface area contributed by atoms with Crippen molar-refractivity contribution in [2.75, 3.05) is 13.1 Å². The smallest absolute Gasteiger partial charge is 0.339 e. The van der Waals surface area contributed by atoms with Crippen molar-refractivity contribution in [1.82, 2.24) is 4.90 Å². The molecular formula is C23H25ClF3NO3S. The molecule has 0 aromatic heterocycles. The Kier molecular flexibility index (Phi) is 6.69. The lowest BCUT2D eigenvalue weighted by molar-refractivity contribution is -0.137. The predicted molar refractivity (Wildman–Crippen MR) is 118 cm³/mol. The zero-order valence-corrected chi connectivity index (χ0v) is 19.6. The van der Waals surface area contributed by atoms with Crippen LogP contribution in [0.15, 0.2) is 47.4 Å². The van der Waals surface area contributed by atoms with Crippen LogP contribution in [0.5, 0.6) is 0 Å². The van der Waals surface area contributed by atoms with Gasteiger partial charge in [0, 0.05) is 23.7 Å². The fourth-order valence-electron chi connectivity index (χ4n) is 4.18. The molecule has 0 radical (unpaired) electrons. The standard InChI is InChI=1S/C23H25ClF3NO3S/c1-15-13-18(24)7-8-20(15)21(29)28-11-9-16(10-12-28)22(2,3)32(30,31)19-6-4-5-17(14-19)23(25,26)27/h4-8,13-14,16H,9-12H2,1-3H3. The summed E-state index contributed by atoms with van der Waals surface area (Å²) in [5, 5.41) is 0.541. The van der Waals surface area contributed by atoms with E-state index >= 15 is 0 Å². The number of likely N-dealkylation sites (tertiary alicyclic amines) is 1. The number of hydrogen-bond donors (Lipinski definition) is 0. The highest BCUT2D eigenvalue weighted by Crippen LogP contribution is 2.39. The first-order valence-corrected chi connectivity index (χ1v) is 12.1. The first-order chi connectivity index (χ1) is 14.7. The fraction of sp³-hybridized carbons (Fsp3) is 0.435. The minimum absolute atomic E-state index is 0.142. The van der Waals surface area contributed by atoms with E-state index in [0.29, 0.717) is 42.6 Å². The van der Waals surface area contributed by atoms with Crippen molar-refractivity contribution < 1.29 is 26.4 Å². The van der Waals surface area contributed by atoms with Gasteiger partial charge < -0.3 is 4.90 Å². The van der Waals surface area contributed by atoms with Crippen molar-refractivity contribution in [3.8, 4) is 0 Å². The average molecular weight is 488 g/mol. The van der Waals surface area contributed by atoms with Gasteiger partial charge in [0.2, 0.25) is 0 Å². The summed E-state index contributed by atoms with van der Waals surface area (Å²) < 4.78 is 64.5. The number of aryl methyl sites for hydroxylation is 1. The van der Waals surface area contributed by atoms with Crippen LogP contribution in [-0.4, -0.2) is 37.1 Å². The molecular weight excluding hydrogens is 463 g/mol. The Bertz CT molecular complexity index is 1120. The van der Waals surface area contributed by atoms with Gasteiger partial charge in [0.1, 0.15) is 0 Å². The van der Waals surface area contributed by atoms with Crippen molar-refractivity contribution in [2.45, 2.75) is 49.4 Å². The van der Waals surface area contributed by atoms with Gasteiger partial charge in [0.05, 0.1) is 15.2 Å². The molecule has 1 amide bonds. The van der Waals surface area contributed by atoms with Crippen LogP contribution in [0.4, 0.5) is 13.2 Å². The van der Waals surface area contributed by atoms with Crippen LogP contribution >= 0.6 is 11.6 Å². The van der Waals surface area contributed by atoms with E-state index in [1.165, 1.54) is 6.07 Å². The molecule has 1 heterocycles. The van der Waals surface area contributed by atoms with Gasteiger partial charge in [-0.2, -0.15) is 13.2 Å². The zero-order chi connectivity index (χ0) is 23.9. The van der Waals surface area contributed by atoms with Gasteiger partial charge >= 0.3 is 6.18 Å². The molecule has 1 aliphatic rings. The maximum Gasteiger partial charge on any atom is 0.416 e. The number of rotatable bonds is 4. The largest absolute Gasteiger partial charge is 0.416 e. The third-order valence-electron chi connectivity index (χ3n) is 6.35. The number of carbonyl (C=O) groups is 1. The van der Waals surface area contributed by atoms with E-state index in [4.69, 9.17) is 11.6 Å². The quantitative estimate of drug-likeness (QED) is 0.550. The lowest BCUT2D eigenvalue weighted by Gasteiger charge is -2.40. The van der Waals surface area contributed by atoms with E-state index in [9.17, 15) is 26.4 Å². The average Bonchev–Trinajstić information content (AvgIpc) is 2.73. The summed E-state index contributed by atoms with van der Waals surface area (Å²) in [7, 11) is -4.04. The first-order valence-electron chi connectivity index (χ1n) is 10.2. The van der Waals surface area contributed by atoms with Crippen molar-refractivity contribution in [3.05, 3.63) is 64.2 Å². The molecule has 2 aromatic carbocycles. The summed E-state index contributed by atoms with van der Waals surface area (Å²) in [5.74, 6) is -0.450. The van der Waals surface area contributed by atoms with E-state index in [1.807, 2.05) is 0 Å². The molecule has 4 nitrogen and oxygen atoms in total.